The SMILES string of the molecule is CC[C@H]1CN(S(=O)(=O)c2ccc(C)cc2)C(c2ccccc2)=C[C@@H]1c1ccccc1. The molecular weight excluding hydrogens is 390 g/mol. The standard InChI is InChI=1S/C26H27NO2S/c1-3-21-19-27(30(28,29)24-16-14-20(2)15-17-24)26(23-12-8-5-9-13-23)18-25(21)22-10-6-4-7-11-22/h4-18,21,25H,3,19H2,1-2H3/t21-,25-/m0/s1. The Labute approximate surface area is 179 Å². The van der Waals surface area contributed by atoms with Gasteiger partial charge in [-0.15, -0.1) is 0 Å². The quantitative estimate of drug-likeness (QED) is 0.522. The lowest BCUT2D eigenvalue weighted by Crippen LogP contribution is -2.39. The van der Waals surface area contributed by atoms with Crippen LogP contribution < -0.4 is 0 Å². The molecule has 0 amide bonds. The fourth-order valence-electron chi connectivity index (χ4n) is 4.16. The molecule has 0 bridgehead atoms. The van der Waals surface area contributed by atoms with Crippen LogP contribution in [0.15, 0.2) is 95.9 Å². The van der Waals surface area contributed by atoms with E-state index < -0.39 is 10.0 Å². The predicted molar refractivity (Wildman–Crippen MR) is 122 cm³/mol. The topological polar surface area (TPSA) is 37.4 Å². The molecule has 3 aromatic carbocycles. The lowest BCUT2D eigenvalue weighted by atomic mass is 9.81. The Morgan fingerprint density at radius 3 is 2.07 bits per heavy atom. The first-order valence-corrected chi connectivity index (χ1v) is 11.9. The Kier molecular flexibility index (Phi) is 5.78. The van der Waals surface area contributed by atoms with Crippen molar-refractivity contribution in [2.75, 3.05) is 6.54 Å². The zero-order valence-corrected chi connectivity index (χ0v) is 18.2. The van der Waals surface area contributed by atoms with E-state index >= 15 is 0 Å². The summed E-state index contributed by atoms with van der Waals surface area (Å²) in [5.74, 6) is 0.385. The van der Waals surface area contributed by atoms with Crippen LogP contribution in [-0.4, -0.2) is 19.3 Å². The number of aryl methyl sites for hydroxylation is 1. The van der Waals surface area contributed by atoms with E-state index in [0.29, 0.717) is 11.4 Å². The molecule has 1 aliphatic rings. The summed E-state index contributed by atoms with van der Waals surface area (Å²) in [5, 5.41) is 0. The van der Waals surface area contributed by atoms with Gasteiger partial charge in [-0.05, 0) is 36.1 Å². The highest BCUT2D eigenvalue weighted by atomic mass is 32.2. The number of hydrogen-bond acceptors (Lipinski definition) is 2. The van der Waals surface area contributed by atoms with E-state index in [4.69, 9.17) is 0 Å². The molecule has 3 nitrogen and oxygen atoms in total. The maximum Gasteiger partial charge on any atom is 0.264 e. The number of sulfonamides is 1. The monoisotopic (exact) mass is 417 g/mol. The van der Waals surface area contributed by atoms with Gasteiger partial charge in [0, 0.05) is 12.5 Å². The summed E-state index contributed by atoms with van der Waals surface area (Å²) in [5.41, 5.74) is 3.95. The molecular formula is C26H27NO2S. The van der Waals surface area contributed by atoms with Gasteiger partial charge in [0.05, 0.1) is 10.6 Å². The van der Waals surface area contributed by atoms with Gasteiger partial charge in [0.15, 0.2) is 0 Å². The summed E-state index contributed by atoms with van der Waals surface area (Å²) in [4.78, 5) is 0.336. The molecule has 0 saturated carbocycles. The summed E-state index contributed by atoms with van der Waals surface area (Å²) in [6.07, 6.45) is 3.05. The lowest BCUT2D eigenvalue weighted by molar-refractivity contribution is 0.358. The molecule has 0 unspecified atom stereocenters. The molecule has 2 atom stereocenters. The first-order chi connectivity index (χ1) is 14.5. The van der Waals surface area contributed by atoms with Gasteiger partial charge in [-0.2, -0.15) is 0 Å². The molecule has 0 spiro atoms. The van der Waals surface area contributed by atoms with Gasteiger partial charge in [-0.25, -0.2) is 8.42 Å². The van der Waals surface area contributed by atoms with Crippen LogP contribution >= 0.6 is 0 Å². The van der Waals surface area contributed by atoms with Crippen molar-refractivity contribution in [1.82, 2.24) is 4.31 Å². The van der Waals surface area contributed by atoms with E-state index in [1.807, 2.05) is 67.6 Å². The van der Waals surface area contributed by atoms with Crippen LogP contribution in [0.1, 0.15) is 36.0 Å². The number of benzene rings is 3. The Morgan fingerprint density at radius 2 is 1.47 bits per heavy atom. The van der Waals surface area contributed by atoms with Crippen molar-refractivity contribution in [1.29, 1.82) is 0 Å². The zero-order chi connectivity index (χ0) is 21.1. The normalized spacial score (nSPS) is 19.4. The maximum atomic E-state index is 13.7. The van der Waals surface area contributed by atoms with Gasteiger partial charge in [-0.1, -0.05) is 97.8 Å². The van der Waals surface area contributed by atoms with Crippen molar-refractivity contribution in [3.63, 3.8) is 0 Å². The molecule has 154 valence electrons. The van der Waals surface area contributed by atoms with E-state index in [-0.39, 0.29) is 11.8 Å². The van der Waals surface area contributed by atoms with Gasteiger partial charge < -0.3 is 0 Å². The minimum Gasteiger partial charge on any atom is -0.266 e. The first-order valence-electron chi connectivity index (χ1n) is 10.4. The summed E-state index contributed by atoms with van der Waals surface area (Å²) >= 11 is 0. The van der Waals surface area contributed by atoms with E-state index in [1.54, 1.807) is 16.4 Å². The molecule has 30 heavy (non-hydrogen) atoms. The fourth-order valence-corrected chi connectivity index (χ4v) is 5.70. The predicted octanol–water partition coefficient (Wildman–Crippen LogP) is 5.85. The highest BCUT2D eigenvalue weighted by Gasteiger charge is 2.36. The summed E-state index contributed by atoms with van der Waals surface area (Å²) in [6.45, 7) is 4.57. The van der Waals surface area contributed by atoms with Crippen LogP contribution in [0.5, 0.6) is 0 Å². The van der Waals surface area contributed by atoms with E-state index in [2.05, 4.69) is 25.1 Å². The second-order valence-corrected chi connectivity index (χ2v) is 9.73. The number of allylic oxidation sites excluding steroid dienone is 1. The molecule has 4 rings (SSSR count). The first kappa shape index (κ1) is 20.4. The number of nitrogens with zero attached hydrogens (tertiary/aromatic N) is 1. The Balaban J connectivity index is 1.86. The summed E-state index contributed by atoms with van der Waals surface area (Å²) < 4.78 is 29.0. The van der Waals surface area contributed by atoms with E-state index in [1.165, 1.54) is 5.56 Å². The molecule has 0 aliphatic carbocycles. The Bertz CT molecular complexity index is 1120. The minimum absolute atomic E-state index is 0.177. The number of hydrogen-bond donors (Lipinski definition) is 0. The minimum atomic E-state index is -3.66. The van der Waals surface area contributed by atoms with Gasteiger partial charge in [-0.3, -0.25) is 4.31 Å². The maximum absolute atomic E-state index is 13.7. The van der Waals surface area contributed by atoms with Gasteiger partial charge in [0.25, 0.3) is 10.0 Å². The molecule has 1 aliphatic heterocycles. The highest BCUT2D eigenvalue weighted by molar-refractivity contribution is 7.89. The van der Waals surface area contributed by atoms with Crippen molar-refractivity contribution in [2.24, 2.45) is 5.92 Å². The van der Waals surface area contributed by atoms with Gasteiger partial charge in [0.1, 0.15) is 0 Å². The average Bonchev–Trinajstić information content (AvgIpc) is 2.79. The number of rotatable bonds is 5. The molecule has 0 N–H and O–H groups in total. The van der Waals surface area contributed by atoms with Crippen LogP contribution in [0.2, 0.25) is 0 Å². The molecule has 3 aromatic rings. The van der Waals surface area contributed by atoms with Gasteiger partial charge >= 0.3 is 0 Å². The van der Waals surface area contributed by atoms with Crippen molar-refractivity contribution in [3.05, 3.63) is 108 Å². The van der Waals surface area contributed by atoms with Crippen LogP contribution in [0.3, 0.4) is 0 Å². The van der Waals surface area contributed by atoms with Crippen LogP contribution in [0.4, 0.5) is 0 Å². The zero-order valence-electron chi connectivity index (χ0n) is 17.4. The molecule has 0 aromatic heterocycles. The van der Waals surface area contributed by atoms with Crippen molar-refractivity contribution in [2.45, 2.75) is 31.1 Å². The molecule has 1 heterocycles. The highest BCUT2D eigenvalue weighted by Crippen LogP contribution is 2.41. The van der Waals surface area contributed by atoms with E-state index in [9.17, 15) is 8.42 Å². The van der Waals surface area contributed by atoms with Crippen LogP contribution in [0, 0.1) is 12.8 Å². The third-order valence-electron chi connectivity index (χ3n) is 5.90. The van der Waals surface area contributed by atoms with E-state index in [0.717, 1.165) is 23.2 Å². The lowest BCUT2D eigenvalue weighted by Gasteiger charge is -2.38. The van der Waals surface area contributed by atoms with Crippen molar-refractivity contribution < 1.29 is 8.42 Å². The third kappa shape index (κ3) is 3.92. The molecule has 0 fully saturated rings. The second-order valence-electron chi connectivity index (χ2n) is 7.87. The van der Waals surface area contributed by atoms with Crippen LogP contribution in [0.25, 0.3) is 5.70 Å². The summed E-state index contributed by atoms with van der Waals surface area (Å²) in [6, 6.07) is 27.3. The Morgan fingerprint density at radius 1 is 0.867 bits per heavy atom. The van der Waals surface area contributed by atoms with Crippen molar-refractivity contribution >= 4 is 15.7 Å². The molecule has 0 radical (unpaired) electrons. The second kappa shape index (κ2) is 8.49. The largest absolute Gasteiger partial charge is 0.266 e. The molecule has 4 heteroatoms. The van der Waals surface area contributed by atoms with Crippen LogP contribution in [-0.2, 0) is 10.0 Å². The molecule has 0 saturated heterocycles. The van der Waals surface area contributed by atoms with Gasteiger partial charge in [0.2, 0.25) is 0 Å². The van der Waals surface area contributed by atoms with Crippen molar-refractivity contribution in [3.8, 4) is 0 Å². The summed E-state index contributed by atoms with van der Waals surface area (Å²) in [7, 11) is -3.66. The fraction of sp³-hybridized carbons (Fsp3) is 0.231. The smallest absolute Gasteiger partial charge is 0.264 e. The average molecular weight is 418 g/mol. The third-order valence-corrected chi connectivity index (χ3v) is 7.70. The Hall–Kier alpha value is -2.85.